The van der Waals surface area contributed by atoms with Crippen LogP contribution in [0.15, 0.2) is 0 Å². The summed E-state index contributed by atoms with van der Waals surface area (Å²) in [6.07, 6.45) is 5.44. The van der Waals surface area contributed by atoms with E-state index in [4.69, 9.17) is 0 Å². The first kappa shape index (κ1) is 14.0. The van der Waals surface area contributed by atoms with Crippen LogP contribution < -0.4 is 0 Å². The fourth-order valence-electron chi connectivity index (χ4n) is 3.65. The maximum absolute atomic E-state index is 2.74. The SMILES string of the molecule is CC(C)(C)CC1(C)CCCCN1C(C)(C)C. The summed E-state index contributed by atoms with van der Waals surface area (Å²) >= 11 is 0. The molecule has 1 atom stereocenters. The number of hydrogen-bond acceptors (Lipinski definition) is 1. The molecule has 1 saturated heterocycles. The molecule has 0 aromatic rings. The highest BCUT2D eigenvalue weighted by Gasteiger charge is 2.42. The average Bonchev–Trinajstić information content (AvgIpc) is 1.97. The minimum Gasteiger partial charge on any atom is -0.293 e. The molecule has 0 N–H and O–H groups in total. The second kappa shape index (κ2) is 4.33. The molecule has 1 aliphatic rings. The molecule has 0 aliphatic carbocycles. The Hall–Kier alpha value is -0.0400. The zero-order valence-corrected chi connectivity index (χ0v) is 12.5. The lowest BCUT2D eigenvalue weighted by atomic mass is 9.74. The molecule has 0 aromatic carbocycles. The molecule has 1 heterocycles. The molecule has 1 fully saturated rings. The minimum atomic E-state index is 0.306. The molecule has 0 aromatic heterocycles. The first-order chi connectivity index (χ1) is 7.05. The van der Waals surface area contributed by atoms with Gasteiger partial charge in [-0.25, -0.2) is 0 Å². The molecule has 0 bridgehead atoms. The third kappa shape index (κ3) is 3.48. The van der Waals surface area contributed by atoms with Crippen LogP contribution in [0.4, 0.5) is 0 Å². The Morgan fingerprint density at radius 1 is 1.00 bits per heavy atom. The Kier molecular flexibility index (Phi) is 3.79. The van der Waals surface area contributed by atoms with Crippen LogP contribution in [-0.4, -0.2) is 22.5 Å². The van der Waals surface area contributed by atoms with Gasteiger partial charge in [0.25, 0.3) is 0 Å². The summed E-state index contributed by atoms with van der Waals surface area (Å²) in [5.41, 5.74) is 1.13. The number of piperidine rings is 1. The van der Waals surface area contributed by atoms with Crippen molar-refractivity contribution in [3.05, 3.63) is 0 Å². The standard InChI is InChI=1S/C15H31N/c1-13(2,3)12-15(7)10-8-9-11-16(15)14(4,5)6/h8-12H2,1-7H3. The lowest BCUT2D eigenvalue weighted by molar-refractivity contribution is -0.0361. The monoisotopic (exact) mass is 225 g/mol. The predicted molar refractivity (Wildman–Crippen MR) is 72.8 cm³/mol. The Labute approximate surface area is 103 Å². The summed E-state index contributed by atoms with van der Waals surface area (Å²) in [6, 6.07) is 0. The van der Waals surface area contributed by atoms with Crippen molar-refractivity contribution in [2.24, 2.45) is 5.41 Å². The Morgan fingerprint density at radius 3 is 2.00 bits per heavy atom. The van der Waals surface area contributed by atoms with Crippen LogP contribution in [0.25, 0.3) is 0 Å². The van der Waals surface area contributed by atoms with Gasteiger partial charge >= 0.3 is 0 Å². The molecule has 16 heavy (non-hydrogen) atoms. The van der Waals surface area contributed by atoms with Crippen LogP contribution in [0.5, 0.6) is 0 Å². The average molecular weight is 225 g/mol. The highest BCUT2D eigenvalue weighted by molar-refractivity contribution is 4.97. The topological polar surface area (TPSA) is 3.24 Å². The number of nitrogens with zero attached hydrogens (tertiary/aromatic N) is 1. The van der Waals surface area contributed by atoms with Gasteiger partial charge in [0.15, 0.2) is 0 Å². The van der Waals surface area contributed by atoms with E-state index in [1.54, 1.807) is 0 Å². The van der Waals surface area contributed by atoms with Gasteiger partial charge in [0.05, 0.1) is 0 Å². The normalized spacial score (nSPS) is 29.4. The van der Waals surface area contributed by atoms with Gasteiger partial charge in [-0.3, -0.25) is 4.90 Å². The van der Waals surface area contributed by atoms with Gasteiger partial charge in [-0.15, -0.1) is 0 Å². The summed E-state index contributed by atoms with van der Waals surface area (Å²) in [5.74, 6) is 0. The molecule has 1 aliphatic heterocycles. The largest absolute Gasteiger partial charge is 0.293 e. The quantitative estimate of drug-likeness (QED) is 0.636. The third-order valence-electron chi connectivity index (χ3n) is 3.72. The molecular weight excluding hydrogens is 194 g/mol. The summed E-state index contributed by atoms with van der Waals surface area (Å²) in [4.78, 5) is 2.74. The third-order valence-corrected chi connectivity index (χ3v) is 3.72. The van der Waals surface area contributed by atoms with E-state index in [0.29, 0.717) is 16.5 Å². The molecule has 96 valence electrons. The zero-order chi connectivity index (χ0) is 12.6. The lowest BCUT2D eigenvalue weighted by Crippen LogP contribution is -2.59. The summed E-state index contributed by atoms with van der Waals surface area (Å²) in [7, 11) is 0. The Balaban J connectivity index is 2.88. The van der Waals surface area contributed by atoms with E-state index in [9.17, 15) is 0 Å². The molecular formula is C15H31N. The first-order valence-electron chi connectivity index (χ1n) is 6.82. The molecule has 0 saturated carbocycles. The van der Waals surface area contributed by atoms with E-state index >= 15 is 0 Å². The molecule has 0 spiro atoms. The van der Waals surface area contributed by atoms with Crippen molar-refractivity contribution in [2.75, 3.05) is 6.54 Å². The van der Waals surface area contributed by atoms with Crippen molar-refractivity contribution in [2.45, 2.75) is 85.2 Å². The maximum Gasteiger partial charge on any atom is 0.0191 e. The molecule has 0 amide bonds. The molecule has 1 heteroatoms. The second-order valence-corrected chi connectivity index (χ2v) is 8.01. The summed E-state index contributed by atoms with van der Waals surface area (Å²) in [5, 5.41) is 0. The van der Waals surface area contributed by atoms with E-state index in [1.807, 2.05) is 0 Å². The van der Waals surface area contributed by atoms with Gasteiger partial charge in [-0.2, -0.15) is 0 Å². The van der Waals surface area contributed by atoms with Crippen LogP contribution in [0.3, 0.4) is 0 Å². The van der Waals surface area contributed by atoms with E-state index in [1.165, 1.54) is 32.2 Å². The summed E-state index contributed by atoms with van der Waals surface area (Å²) in [6.45, 7) is 17.9. The van der Waals surface area contributed by atoms with Gasteiger partial charge in [0.1, 0.15) is 0 Å². The van der Waals surface area contributed by atoms with E-state index in [2.05, 4.69) is 53.4 Å². The summed E-state index contributed by atoms with van der Waals surface area (Å²) < 4.78 is 0. The van der Waals surface area contributed by atoms with Crippen molar-refractivity contribution in [1.82, 2.24) is 4.90 Å². The van der Waals surface area contributed by atoms with Crippen molar-refractivity contribution >= 4 is 0 Å². The highest BCUT2D eigenvalue weighted by Crippen LogP contribution is 2.41. The smallest absolute Gasteiger partial charge is 0.0191 e. The molecule has 1 rings (SSSR count). The van der Waals surface area contributed by atoms with Crippen LogP contribution in [0.1, 0.15) is 74.1 Å². The fraction of sp³-hybridized carbons (Fsp3) is 1.00. The van der Waals surface area contributed by atoms with Crippen LogP contribution in [-0.2, 0) is 0 Å². The van der Waals surface area contributed by atoms with Gasteiger partial charge in [-0.05, 0) is 58.9 Å². The van der Waals surface area contributed by atoms with Gasteiger partial charge < -0.3 is 0 Å². The molecule has 1 nitrogen and oxygen atoms in total. The predicted octanol–water partition coefficient (Wildman–Crippen LogP) is 4.47. The Morgan fingerprint density at radius 2 is 1.56 bits per heavy atom. The maximum atomic E-state index is 2.74. The number of likely N-dealkylation sites (tertiary alicyclic amines) is 1. The minimum absolute atomic E-state index is 0.306. The number of rotatable bonds is 1. The second-order valence-electron chi connectivity index (χ2n) is 8.01. The van der Waals surface area contributed by atoms with Gasteiger partial charge in [-0.1, -0.05) is 27.2 Å². The first-order valence-corrected chi connectivity index (χ1v) is 6.82. The van der Waals surface area contributed by atoms with Gasteiger partial charge in [0.2, 0.25) is 0 Å². The molecule has 0 radical (unpaired) electrons. The highest BCUT2D eigenvalue weighted by atomic mass is 15.3. The van der Waals surface area contributed by atoms with Crippen molar-refractivity contribution in [3.8, 4) is 0 Å². The lowest BCUT2D eigenvalue weighted by Gasteiger charge is -2.54. The number of hydrogen-bond donors (Lipinski definition) is 0. The van der Waals surface area contributed by atoms with E-state index in [0.717, 1.165) is 0 Å². The van der Waals surface area contributed by atoms with Crippen molar-refractivity contribution in [1.29, 1.82) is 0 Å². The van der Waals surface area contributed by atoms with E-state index < -0.39 is 0 Å². The zero-order valence-electron chi connectivity index (χ0n) is 12.5. The van der Waals surface area contributed by atoms with Crippen LogP contribution in [0.2, 0.25) is 0 Å². The Bertz CT molecular complexity index is 231. The fourth-order valence-corrected chi connectivity index (χ4v) is 3.65. The van der Waals surface area contributed by atoms with Crippen LogP contribution in [0, 0.1) is 5.41 Å². The van der Waals surface area contributed by atoms with Crippen molar-refractivity contribution in [3.63, 3.8) is 0 Å². The molecule has 1 unspecified atom stereocenters. The van der Waals surface area contributed by atoms with Gasteiger partial charge in [0, 0.05) is 11.1 Å². The van der Waals surface area contributed by atoms with E-state index in [-0.39, 0.29) is 0 Å². The van der Waals surface area contributed by atoms with Crippen LogP contribution >= 0.6 is 0 Å². The van der Waals surface area contributed by atoms with Crippen molar-refractivity contribution < 1.29 is 0 Å².